The number of hydrogen-bond acceptors (Lipinski definition) is 4. The van der Waals surface area contributed by atoms with Crippen LogP contribution in [0.3, 0.4) is 0 Å². The zero-order valence-corrected chi connectivity index (χ0v) is 20.3. The van der Waals surface area contributed by atoms with E-state index in [1.807, 2.05) is 60.8 Å². The molecule has 1 saturated heterocycles. The Balaban J connectivity index is 0.00000320. The van der Waals surface area contributed by atoms with Crippen molar-refractivity contribution in [3.63, 3.8) is 0 Å². The Bertz CT molecular complexity index is 841. The summed E-state index contributed by atoms with van der Waals surface area (Å²) in [6.45, 7) is 6.52. The summed E-state index contributed by atoms with van der Waals surface area (Å²) < 4.78 is 7.54. The van der Waals surface area contributed by atoms with Crippen molar-refractivity contribution in [3.8, 4) is 0 Å². The first-order valence-corrected chi connectivity index (χ1v) is 9.91. The average molecular weight is 526 g/mol. The number of aromatic nitrogens is 2. The number of nitrogens with zero attached hydrogens (tertiary/aromatic N) is 4. The Kier molecular flexibility index (Phi) is 9.09. The van der Waals surface area contributed by atoms with Crippen LogP contribution in [-0.4, -0.2) is 58.9 Å². The molecule has 1 fully saturated rings. The molecule has 0 bridgehead atoms. The van der Waals surface area contributed by atoms with Crippen molar-refractivity contribution in [2.45, 2.75) is 39.1 Å². The van der Waals surface area contributed by atoms with Crippen molar-refractivity contribution in [3.05, 3.63) is 53.3 Å². The van der Waals surface area contributed by atoms with E-state index in [0.29, 0.717) is 37.7 Å². The Morgan fingerprint density at radius 1 is 1.13 bits per heavy atom. The number of aryl methyl sites for hydroxylation is 1. The van der Waals surface area contributed by atoms with Gasteiger partial charge >= 0.3 is 0 Å². The maximum atomic E-state index is 12.8. The summed E-state index contributed by atoms with van der Waals surface area (Å²) >= 11 is 0. The van der Waals surface area contributed by atoms with Crippen molar-refractivity contribution in [1.29, 1.82) is 0 Å². The number of hydrogen-bond donors (Lipinski definition) is 2. The number of nitrogens with one attached hydrogen (secondary N) is 2. The second-order valence-corrected chi connectivity index (χ2v) is 7.39. The molecule has 30 heavy (non-hydrogen) atoms. The van der Waals surface area contributed by atoms with Gasteiger partial charge in [0.05, 0.1) is 24.4 Å². The molecule has 2 atom stereocenters. The lowest BCUT2D eigenvalue weighted by atomic mass is 10.1. The average Bonchev–Trinajstić information content (AvgIpc) is 3.12. The molecule has 0 radical (unpaired) electrons. The molecule has 164 valence electrons. The van der Waals surface area contributed by atoms with Crippen LogP contribution in [0.2, 0.25) is 0 Å². The molecule has 2 unspecified atom stereocenters. The quantitative estimate of drug-likeness (QED) is 0.355. The first-order chi connectivity index (χ1) is 14.0. The van der Waals surface area contributed by atoms with Crippen LogP contribution in [-0.2, 0) is 24.9 Å². The Morgan fingerprint density at radius 3 is 2.33 bits per heavy atom. The molecule has 9 heteroatoms. The van der Waals surface area contributed by atoms with Crippen molar-refractivity contribution < 1.29 is 9.53 Å². The minimum absolute atomic E-state index is 0. The molecule has 3 rings (SSSR count). The van der Waals surface area contributed by atoms with E-state index in [-0.39, 0.29) is 42.1 Å². The van der Waals surface area contributed by atoms with E-state index in [1.165, 1.54) is 0 Å². The fraction of sp³-hybridized carbons (Fsp3) is 0.476. The van der Waals surface area contributed by atoms with Crippen molar-refractivity contribution in [1.82, 2.24) is 25.3 Å². The number of aliphatic imine (C=N–C) groups is 1. The molecule has 1 aliphatic heterocycles. The Morgan fingerprint density at radius 2 is 1.77 bits per heavy atom. The third kappa shape index (κ3) is 6.43. The van der Waals surface area contributed by atoms with E-state index in [0.717, 1.165) is 11.3 Å². The fourth-order valence-corrected chi connectivity index (χ4v) is 3.45. The van der Waals surface area contributed by atoms with E-state index in [1.54, 1.807) is 13.2 Å². The van der Waals surface area contributed by atoms with Crippen molar-refractivity contribution in [2.75, 3.05) is 20.1 Å². The van der Waals surface area contributed by atoms with Gasteiger partial charge in [0.2, 0.25) is 0 Å². The summed E-state index contributed by atoms with van der Waals surface area (Å²) in [6, 6.07) is 9.68. The molecule has 8 nitrogen and oxygen atoms in total. The van der Waals surface area contributed by atoms with Crippen LogP contribution in [0, 0.1) is 0 Å². The SMILES string of the molecule is CN=C(NCc1ccc(C(=O)N2CC(C)OC(C)C2)cc1)NCc1ccnn1C.I. The highest BCUT2D eigenvalue weighted by molar-refractivity contribution is 14.0. The first-order valence-electron chi connectivity index (χ1n) is 9.91. The second kappa shape index (κ2) is 11.3. The number of guanidine groups is 1. The summed E-state index contributed by atoms with van der Waals surface area (Å²) in [5.74, 6) is 0.766. The van der Waals surface area contributed by atoms with E-state index >= 15 is 0 Å². The topological polar surface area (TPSA) is 83.8 Å². The van der Waals surface area contributed by atoms with Gasteiger partial charge in [0.15, 0.2) is 5.96 Å². The highest BCUT2D eigenvalue weighted by Gasteiger charge is 2.26. The van der Waals surface area contributed by atoms with Gasteiger partial charge in [0.1, 0.15) is 0 Å². The lowest BCUT2D eigenvalue weighted by molar-refractivity contribution is -0.0586. The zero-order chi connectivity index (χ0) is 20.8. The predicted molar refractivity (Wildman–Crippen MR) is 128 cm³/mol. The molecule has 2 heterocycles. The third-order valence-electron chi connectivity index (χ3n) is 4.95. The van der Waals surface area contributed by atoms with E-state index in [2.05, 4.69) is 20.7 Å². The van der Waals surface area contributed by atoms with Gasteiger partial charge in [-0.1, -0.05) is 12.1 Å². The lowest BCUT2D eigenvalue weighted by Gasteiger charge is -2.35. The summed E-state index contributed by atoms with van der Waals surface area (Å²) in [4.78, 5) is 18.9. The van der Waals surface area contributed by atoms with Gasteiger partial charge in [-0.15, -0.1) is 24.0 Å². The number of morpholine rings is 1. The molecular formula is C21H31IN6O2. The van der Waals surface area contributed by atoms with E-state index in [9.17, 15) is 4.79 Å². The van der Waals surface area contributed by atoms with Crippen molar-refractivity contribution in [2.24, 2.45) is 12.0 Å². The summed E-state index contributed by atoms with van der Waals surface area (Å²) in [5.41, 5.74) is 2.85. The van der Waals surface area contributed by atoms with Crippen molar-refractivity contribution >= 4 is 35.8 Å². The van der Waals surface area contributed by atoms with Gasteiger partial charge in [-0.2, -0.15) is 5.10 Å². The van der Waals surface area contributed by atoms with Gasteiger partial charge in [-0.25, -0.2) is 0 Å². The van der Waals surface area contributed by atoms with Gasteiger partial charge in [0, 0.05) is 45.5 Å². The summed E-state index contributed by atoms with van der Waals surface area (Å²) in [5, 5.41) is 10.7. The first kappa shape index (κ1) is 24.1. The highest BCUT2D eigenvalue weighted by atomic mass is 127. The minimum Gasteiger partial charge on any atom is -0.372 e. The maximum Gasteiger partial charge on any atom is 0.254 e. The van der Waals surface area contributed by atoms with E-state index in [4.69, 9.17) is 4.74 Å². The number of rotatable bonds is 5. The summed E-state index contributed by atoms with van der Waals surface area (Å²) in [6.07, 6.45) is 1.91. The highest BCUT2D eigenvalue weighted by Crippen LogP contribution is 2.15. The van der Waals surface area contributed by atoms with Gasteiger partial charge < -0.3 is 20.3 Å². The van der Waals surface area contributed by atoms with Crippen LogP contribution >= 0.6 is 24.0 Å². The second-order valence-electron chi connectivity index (χ2n) is 7.39. The maximum absolute atomic E-state index is 12.8. The number of carbonyl (C=O) groups is 1. The van der Waals surface area contributed by atoms with Crippen LogP contribution in [0.1, 0.15) is 35.5 Å². The molecule has 1 aromatic carbocycles. The predicted octanol–water partition coefficient (Wildman–Crippen LogP) is 2.15. The number of benzene rings is 1. The molecule has 2 aromatic rings. The minimum atomic E-state index is 0. The van der Waals surface area contributed by atoms with Crippen LogP contribution in [0.25, 0.3) is 0 Å². The van der Waals surface area contributed by atoms with Crippen LogP contribution in [0.4, 0.5) is 0 Å². The zero-order valence-electron chi connectivity index (χ0n) is 18.0. The number of halogens is 1. The monoisotopic (exact) mass is 526 g/mol. The number of ether oxygens (including phenoxy) is 1. The van der Waals surface area contributed by atoms with Gasteiger partial charge in [0.25, 0.3) is 5.91 Å². The Labute approximate surface area is 195 Å². The molecular weight excluding hydrogens is 495 g/mol. The van der Waals surface area contributed by atoms with Gasteiger partial charge in [-0.3, -0.25) is 14.5 Å². The smallest absolute Gasteiger partial charge is 0.254 e. The van der Waals surface area contributed by atoms with E-state index < -0.39 is 0 Å². The lowest BCUT2D eigenvalue weighted by Crippen LogP contribution is -2.48. The molecule has 0 aliphatic carbocycles. The summed E-state index contributed by atoms with van der Waals surface area (Å²) in [7, 11) is 3.65. The number of amides is 1. The largest absolute Gasteiger partial charge is 0.372 e. The van der Waals surface area contributed by atoms with Crippen LogP contribution < -0.4 is 10.6 Å². The Hall–Kier alpha value is -2.14. The van der Waals surface area contributed by atoms with Gasteiger partial charge in [-0.05, 0) is 37.6 Å². The molecule has 2 N–H and O–H groups in total. The van der Waals surface area contributed by atoms with Crippen LogP contribution in [0.15, 0.2) is 41.5 Å². The number of carbonyl (C=O) groups excluding carboxylic acids is 1. The molecule has 0 spiro atoms. The third-order valence-corrected chi connectivity index (χ3v) is 4.95. The van der Waals surface area contributed by atoms with Crippen LogP contribution in [0.5, 0.6) is 0 Å². The standard InChI is InChI=1S/C21H30N6O2.HI/c1-15-13-27(14-16(2)29-15)20(28)18-7-5-17(6-8-18)11-23-21(22-3)24-12-19-9-10-25-26(19)4;/h5-10,15-16H,11-14H2,1-4H3,(H2,22,23,24);1H. The molecule has 1 aromatic heterocycles. The normalized spacial score (nSPS) is 19.2. The molecule has 0 saturated carbocycles. The molecule has 1 aliphatic rings. The fourth-order valence-electron chi connectivity index (χ4n) is 3.45. The molecule has 1 amide bonds.